The van der Waals surface area contributed by atoms with E-state index in [2.05, 4.69) is 46.4 Å². The lowest BCUT2D eigenvalue weighted by molar-refractivity contribution is 0.181. The van der Waals surface area contributed by atoms with Gasteiger partial charge in [0.1, 0.15) is 11.6 Å². The van der Waals surface area contributed by atoms with E-state index < -0.39 is 0 Å². The van der Waals surface area contributed by atoms with Crippen LogP contribution in [0.15, 0.2) is 48.5 Å². The zero-order valence-electron chi connectivity index (χ0n) is 17.4. The fourth-order valence-corrected chi connectivity index (χ4v) is 3.89. The lowest BCUT2D eigenvalue weighted by atomic mass is 9.93. The fourth-order valence-electron chi connectivity index (χ4n) is 3.89. The predicted octanol–water partition coefficient (Wildman–Crippen LogP) is 5.36. The largest absolute Gasteiger partial charge is 0.378 e. The van der Waals surface area contributed by atoms with E-state index in [9.17, 15) is 4.39 Å². The molecule has 1 aliphatic rings. The Bertz CT molecular complexity index is 1010. The lowest BCUT2D eigenvalue weighted by Crippen LogP contribution is -2.35. The summed E-state index contributed by atoms with van der Waals surface area (Å²) in [7, 11) is 1.66. The molecule has 1 unspecified atom stereocenters. The van der Waals surface area contributed by atoms with E-state index in [0.29, 0.717) is 12.6 Å². The van der Waals surface area contributed by atoms with Crippen molar-refractivity contribution in [2.75, 3.05) is 23.9 Å². The van der Waals surface area contributed by atoms with Crippen molar-refractivity contribution in [1.82, 2.24) is 9.97 Å². The van der Waals surface area contributed by atoms with E-state index in [4.69, 9.17) is 9.72 Å². The molecule has 1 N–H and O–H groups in total. The minimum absolute atomic E-state index is 0. The predicted molar refractivity (Wildman–Crippen MR) is 120 cm³/mol. The van der Waals surface area contributed by atoms with Crippen LogP contribution in [0.4, 0.5) is 21.8 Å². The SMILES string of the molecule is COCc1nc(Nc2ccc(F)cc2)nc(N2CCc3ccccc3C2C)c1C.Cl. The Morgan fingerprint density at radius 2 is 1.87 bits per heavy atom. The molecule has 0 saturated heterocycles. The van der Waals surface area contributed by atoms with Gasteiger partial charge in [-0.2, -0.15) is 4.98 Å². The van der Waals surface area contributed by atoms with Gasteiger partial charge >= 0.3 is 0 Å². The van der Waals surface area contributed by atoms with Gasteiger partial charge in [0.05, 0.1) is 18.3 Å². The van der Waals surface area contributed by atoms with Crippen LogP contribution >= 0.6 is 12.4 Å². The summed E-state index contributed by atoms with van der Waals surface area (Å²) in [5.74, 6) is 1.11. The van der Waals surface area contributed by atoms with Crippen molar-refractivity contribution in [1.29, 1.82) is 0 Å². The summed E-state index contributed by atoms with van der Waals surface area (Å²) in [6, 6.07) is 15.0. The van der Waals surface area contributed by atoms with Crippen LogP contribution in [0, 0.1) is 12.7 Å². The molecule has 2 heterocycles. The number of hydrogen-bond acceptors (Lipinski definition) is 5. The number of ether oxygens (including phenoxy) is 1. The Labute approximate surface area is 182 Å². The number of nitrogens with zero attached hydrogens (tertiary/aromatic N) is 3. The van der Waals surface area contributed by atoms with Gasteiger partial charge in [0, 0.05) is 24.9 Å². The van der Waals surface area contributed by atoms with Crippen molar-refractivity contribution in [2.24, 2.45) is 0 Å². The summed E-state index contributed by atoms with van der Waals surface area (Å²) in [6.07, 6.45) is 0.976. The zero-order chi connectivity index (χ0) is 20.4. The molecule has 0 aliphatic carbocycles. The molecule has 0 saturated carbocycles. The van der Waals surface area contributed by atoms with Crippen LogP contribution in [0.1, 0.15) is 35.3 Å². The Hall–Kier alpha value is -2.70. The summed E-state index contributed by atoms with van der Waals surface area (Å²) in [5, 5.41) is 3.20. The molecule has 2 aromatic carbocycles. The first-order chi connectivity index (χ1) is 14.1. The molecule has 1 atom stereocenters. The van der Waals surface area contributed by atoms with Gasteiger partial charge in [-0.1, -0.05) is 24.3 Å². The maximum Gasteiger partial charge on any atom is 0.229 e. The van der Waals surface area contributed by atoms with E-state index in [1.54, 1.807) is 19.2 Å². The van der Waals surface area contributed by atoms with Gasteiger partial charge in [-0.15, -0.1) is 12.4 Å². The number of nitrogens with one attached hydrogen (secondary N) is 1. The first-order valence-corrected chi connectivity index (χ1v) is 9.80. The highest BCUT2D eigenvalue weighted by Gasteiger charge is 2.27. The van der Waals surface area contributed by atoms with E-state index in [-0.39, 0.29) is 24.3 Å². The van der Waals surface area contributed by atoms with Crippen LogP contribution in [-0.4, -0.2) is 23.6 Å². The number of aromatic nitrogens is 2. The van der Waals surface area contributed by atoms with Crippen LogP contribution in [0.5, 0.6) is 0 Å². The third-order valence-corrected chi connectivity index (χ3v) is 5.47. The fraction of sp³-hybridized carbons (Fsp3) is 0.304. The Kier molecular flexibility index (Phi) is 6.90. The maximum absolute atomic E-state index is 13.2. The molecule has 0 radical (unpaired) electrons. The van der Waals surface area contributed by atoms with E-state index in [1.807, 2.05) is 6.92 Å². The summed E-state index contributed by atoms with van der Waals surface area (Å²) in [4.78, 5) is 11.8. The van der Waals surface area contributed by atoms with Gasteiger partial charge in [0.25, 0.3) is 0 Å². The molecule has 0 spiro atoms. The molecule has 5 nitrogen and oxygen atoms in total. The van der Waals surface area contributed by atoms with Gasteiger partial charge in [0.15, 0.2) is 0 Å². The van der Waals surface area contributed by atoms with Gasteiger partial charge < -0.3 is 15.0 Å². The standard InChI is InChI=1S/C23H25FN4O.ClH/c1-15-21(14-29-3)26-23(25-19-10-8-18(24)9-11-19)27-22(15)28-13-12-17-6-4-5-7-20(17)16(28)2;/h4-11,16H,12-14H2,1-3H3,(H,25,26,27);1H. The topological polar surface area (TPSA) is 50.3 Å². The van der Waals surface area contributed by atoms with E-state index in [0.717, 1.165) is 35.7 Å². The Morgan fingerprint density at radius 1 is 1.13 bits per heavy atom. The summed E-state index contributed by atoms with van der Waals surface area (Å²) in [6.45, 7) is 5.54. The lowest BCUT2D eigenvalue weighted by Gasteiger charge is -2.37. The average Bonchev–Trinajstić information content (AvgIpc) is 2.73. The second-order valence-electron chi connectivity index (χ2n) is 7.33. The van der Waals surface area contributed by atoms with Crippen molar-refractivity contribution in [3.8, 4) is 0 Å². The number of anilines is 3. The monoisotopic (exact) mass is 428 g/mol. The summed E-state index contributed by atoms with van der Waals surface area (Å²) in [5.41, 5.74) is 5.32. The van der Waals surface area contributed by atoms with Gasteiger partial charge in [0.2, 0.25) is 5.95 Å². The highest BCUT2D eigenvalue weighted by atomic mass is 35.5. The molecular formula is C23H26ClFN4O. The number of rotatable bonds is 5. The minimum Gasteiger partial charge on any atom is -0.378 e. The first-order valence-electron chi connectivity index (χ1n) is 9.80. The average molecular weight is 429 g/mol. The number of benzene rings is 2. The Balaban J connectivity index is 0.00000256. The van der Waals surface area contributed by atoms with Crippen molar-refractivity contribution >= 4 is 29.9 Å². The van der Waals surface area contributed by atoms with Crippen LogP contribution in [0.2, 0.25) is 0 Å². The number of fused-ring (bicyclic) bond motifs is 1. The molecule has 1 aromatic heterocycles. The summed E-state index contributed by atoms with van der Waals surface area (Å²) < 4.78 is 18.6. The van der Waals surface area contributed by atoms with Crippen LogP contribution < -0.4 is 10.2 Å². The van der Waals surface area contributed by atoms with Gasteiger partial charge in [-0.05, 0) is 55.7 Å². The highest BCUT2D eigenvalue weighted by molar-refractivity contribution is 5.85. The van der Waals surface area contributed by atoms with Crippen molar-refractivity contribution in [2.45, 2.75) is 32.9 Å². The smallest absolute Gasteiger partial charge is 0.229 e. The van der Waals surface area contributed by atoms with Crippen LogP contribution in [0.25, 0.3) is 0 Å². The van der Waals surface area contributed by atoms with Crippen LogP contribution in [0.3, 0.4) is 0 Å². The third kappa shape index (κ3) is 4.40. The molecular weight excluding hydrogens is 403 g/mol. The molecule has 3 aromatic rings. The molecule has 1 aliphatic heterocycles. The molecule has 0 fully saturated rings. The van der Waals surface area contributed by atoms with Gasteiger partial charge in [-0.3, -0.25) is 0 Å². The second-order valence-corrected chi connectivity index (χ2v) is 7.33. The van der Waals surface area contributed by atoms with Crippen molar-refractivity contribution in [3.05, 3.63) is 76.7 Å². The maximum atomic E-state index is 13.2. The molecule has 30 heavy (non-hydrogen) atoms. The highest BCUT2D eigenvalue weighted by Crippen LogP contribution is 2.35. The quantitative estimate of drug-likeness (QED) is 0.592. The number of halogens is 2. The van der Waals surface area contributed by atoms with E-state index >= 15 is 0 Å². The zero-order valence-corrected chi connectivity index (χ0v) is 18.2. The number of methoxy groups -OCH3 is 1. The third-order valence-electron chi connectivity index (χ3n) is 5.47. The molecule has 4 rings (SSSR count). The van der Waals surface area contributed by atoms with Crippen LogP contribution in [-0.2, 0) is 17.8 Å². The first kappa shape index (κ1) is 22.0. The normalized spacial score (nSPS) is 15.3. The molecule has 0 amide bonds. The molecule has 7 heteroatoms. The minimum atomic E-state index is -0.276. The van der Waals surface area contributed by atoms with Crippen molar-refractivity contribution < 1.29 is 9.13 Å². The number of hydrogen-bond donors (Lipinski definition) is 1. The summed E-state index contributed by atoms with van der Waals surface area (Å²) >= 11 is 0. The van der Waals surface area contributed by atoms with Gasteiger partial charge in [-0.25, -0.2) is 9.37 Å². The van der Waals surface area contributed by atoms with Crippen molar-refractivity contribution in [3.63, 3.8) is 0 Å². The molecule has 0 bridgehead atoms. The Morgan fingerprint density at radius 3 is 2.60 bits per heavy atom. The molecule has 158 valence electrons. The second kappa shape index (κ2) is 9.41. The van der Waals surface area contributed by atoms with E-state index in [1.165, 1.54) is 23.3 Å².